The molecule has 0 aromatic carbocycles. The highest BCUT2D eigenvalue weighted by molar-refractivity contribution is 5.80. The number of unbranched alkanes of at least 4 members (excludes halogenated alkanes) is 26. The Morgan fingerprint density at radius 1 is 0.519 bits per heavy atom. The zero-order valence-electron chi connectivity index (χ0n) is 50.2. The van der Waals surface area contributed by atoms with Gasteiger partial charge >= 0.3 is 5.97 Å². The first kappa shape index (κ1) is 73.6. The van der Waals surface area contributed by atoms with Gasteiger partial charge in [-0.05, 0) is 96.3 Å². The van der Waals surface area contributed by atoms with Gasteiger partial charge in [0, 0.05) is 6.42 Å². The number of nitrogens with one attached hydrogen (secondary N) is 1. The molecule has 0 radical (unpaired) electrons. The van der Waals surface area contributed by atoms with Crippen LogP contribution in [0.4, 0.5) is 0 Å². The summed E-state index contributed by atoms with van der Waals surface area (Å²) < 4.78 is 17.6. The van der Waals surface area contributed by atoms with Crippen LogP contribution in [0.15, 0.2) is 97.2 Å². The summed E-state index contributed by atoms with van der Waals surface area (Å²) in [6, 6.07) is -1.04. The van der Waals surface area contributed by atoms with E-state index in [4.69, 9.17) is 14.2 Å². The lowest BCUT2D eigenvalue weighted by Gasteiger charge is -2.41. The molecule has 0 aliphatic carbocycles. The van der Waals surface area contributed by atoms with Gasteiger partial charge < -0.3 is 45.1 Å². The van der Waals surface area contributed by atoms with Gasteiger partial charge in [-0.3, -0.25) is 9.59 Å². The summed E-state index contributed by atoms with van der Waals surface area (Å²) in [7, 11) is 0. The molecular formula is C68H117NO10. The smallest absolute Gasteiger partial charge is 0.306 e. The molecule has 1 aliphatic rings. The van der Waals surface area contributed by atoms with E-state index in [1.54, 1.807) is 6.08 Å². The molecule has 11 heteroatoms. The molecule has 0 spiro atoms. The maximum Gasteiger partial charge on any atom is 0.306 e. The number of carbonyl (C=O) groups excluding carboxylic acids is 2. The summed E-state index contributed by atoms with van der Waals surface area (Å²) in [5.41, 5.74) is 0. The Labute approximate surface area is 482 Å². The van der Waals surface area contributed by atoms with Crippen molar-refractivity contribution in [1.82, 2.24) is 5.32 Å². The van der Waals surface area contributed by atoms with E-state index in [1.807, 2.05) is 6.08 Å². The zero-order chi connectivity index (χ0) is 57.5. The topological polar surface area (TPSA) is 175 Å². The quantitative estimate of drug-likeness (QED) is 0.0149. The molecule has 1 rings (SSSR count). The standard InChI is InChI=1S/C68H117NO10/c1-4-7-10-13-16-19-22-25-27-28-29-30-31-32-33-35-37-40-43-46-49-52-55-61(72)67(76)69-59(60(71)54-51-48-45-42-39-36-24-21-18-15-12-9-6-3)58-77-68-66(65(75)64(74)62(57-70)78-68)79-63(73)56-53-50-47-44-41-38-34-26-23-20-17-14-11-8-5-2/h7,10,16-17,19-20,23,25-27,29-30,32-33,51,54,59-62,64-66,68,70-72,74-75H,4-6,8-9,11-15,18,21-22,24,28,31,34-50,52-53,55-58H2,1-3H3,(H,69,76)/b10-7-,19-16-,20-17+,26-23+,27-25-,30-29-,33-32-,54-51+. The number of carbonyl (C=O) groups is 2. The second-order valence-electron chi connectivity index (χ2n) is 21.8. The van der Waals surface area contributed by atoms with E-state index in [9.17, 15) is 35.1 Å². The third-order valence-corrected chi connectivity index (χ3v) is 14.5. The van der Waals surface area contributed by atoms with Gasteiger partial charge in [0.05, 0.1) is 25.4 Å². The fourth-order valence-corrected chi connectivity index (χ4v) is 9.43. The van der Waals surface area contributed by atoms with Crippen LogP contribution in [-0.2, 0) is 23.8 Å². The highest BCUT2D eigenvalue weighted by Crippen LogP contribution is 2.26. The molecule has 6 N–H and O–H groups in total. The van der Waals surface area contributed by atoms with Gasteiger partial charge in [-0.2, -0.15) is 0 Å². The van der Waals surface area contributed by atoms with Crippen LogP contribution in [0.1, 0.15) is 258 Å². The van der Waals surface area contributed by atoms with Crippen LogP contribution in [0.5, 0.6) is 0 Å². The number of aliphatic hydroxyl groups excluding tert-OH is 5. The van der Waals surface area contributed by atoms with Crippen LogP contribution >= 0.6 is 0 Å². The van der Waals surface area contributed by atoms with E-state index >= 15 is 0 Å². The number of hydrogen-bond acceptors (Lipinski definition) is 10. The number of aliphatic hydroxyl groups is 5. The van der Waals surface area contributed by atoms with Crippen LogP contribution < -0.4 is 5.32 Å². The van der Waals surface area contributed by atoms with Crippen molar-refractivity contribution in [2.75, 3.05) is 13.2 Å². The van der Waals surface area contributed by atoms with Crippen LogP contribution in [0.25, 0.3) is 0 Å². The van der Waals surface area contributed by atoms with Gasteiger partial charge in [0.15, 0.2) is 12.4 Å². The predicted octanol–water partition coefficient (Wildman–Crippen LogP) is 15.5. The number of rotatable bonds is 53. The lowest BCUT2D eigenvalue weighted by Crippen LogP contribution is -2.61. The molecule has 11 nitrogen and oxygen atoms in total. The van der Waals surface area contributed by atoms with Gasteiger partial charge in [0.1, 0.15) is 24.4 Å². The average molecular weight is 1110 g/mol. The Bertz CT molecular complexity index is 1650. The van der Waals surface area contributed by atoms with Crippen molar-refractivity contribution in [2.45, 2.75) is 307 Å². The largest absolute Gasteiger partial charge is 0.454 e. The van der Waals surface area contributed by atoms with Gasteiger partial charge in [0.2, 0.25) is 5.91 Å². The molecule has 1 saturated heterocycles. The van der Waals surface area contributed by atoms with Crippen molar-refractivity contribution < 1.29 is 49.3 Å². The van der Waals surface area contributed by atoms with Crippen molar-refractivity contribution in [3.63, 3.8) is 0 Å². The van der Waals surface area contributed by atoms with Crippen molar-refractivity contribution in [1.29, 1.82) is 0 Å². The SMILES string of the molecule is CC/C=C\C/C=C\C/C=C\C/C=C\C/C=C\CCCCCCCCC(O)C(=O)NC(COC1OC(CO)C(O)C(O)C1OC(=O)CCCCCCCC/C=C/C=C/CCCCC)C(O)/C=C/CCCCCCCCCCCCC. The Kier molecular flexibility index (Phi) is 51.4. The number of allylic oxidation sites excluding steroid dienone is 15. The molecule has 454 valence electrons. The highest BCUT2D eigenvalue weighted by atomic mass is 16.7. The van der Waals surface area contributed by atoms with E-state index in [2.05, 4.69) is 111 Å². The molecule has 0 aromatic heterocycles. The van der Waals surface area contributed by atoms with Gasteiger partial charge in [-0.25, -0.2) is 0 Å². The fourth-order valence-electron chi connectivity index (χ4n) is 9.43. The molecule has 79 heavy (non-hydrogen) atoms. The average Bonchev–Trinajstić information content (AvgIpc) is 3.49. The van der Waals surface area contributed by atoms with E-state index in [-0.39, 0.29) is 19.4 Å². The summed E-state index contributed by atoms with van der Waals surface area (Å²) in [6.07, 6.45) is 62.9. The van der Waals surface area contributed by atoms with Crippen molar-refractivity contribution >= 4 is 11.9 Å². The Morgan fingerprint density at radius 2 is 0.949 bits per heavy atom. The van der Waals surface area contributed by atoms with Crippen LogP contribution in [0.2, 0.25) is 0 Å². The number of amides is 1. The summed E-state index contributed by atoms with van der Waals surface area (Å²) >= 11 is 0. The third kappa shape index (κ3) is 43.0. The summed E-state index contributed by atoms with van der Waals surface area (Å²) in [5.74, 6) is -1.22. The summed E-state index contributed by atoms with van der Waals surface area (Å²) in [4.78, 5) is 26.6. The van der Waals surface area contributed by atoms with Crippen LogP contribution in [0.3, 0.4) is 0 Å². The molecule has 8 atom stereocenters. The van der Waals surface area contributed by atoms with Crippen LogP contribution in [0, 0.1) is 0 Å². The molecule has 8 unspecified atom stereocenters. The Balaban J connectivity index is 2.69. The minimum atomic E-state index is -1.63. The minimum Gasteiger partial charge on any atom is -0.454 e. The van der Waals surface area contributed by atoms with Gasteiger partial charge in [0.25, 0.3) is 0 Å². The zero-order valence-corrected chi connectivity index (χ0v) is 50.2. The maximum absolute atomic E-state index is 13.4. The van der Waals surface area contributed by atoms with Crippen molar-refractivity contribution in [3.8, 4) is 0 Å². The second kappa shape index (κ2) is 55.1. The summed E-state index contributed by atoms with van der Waals surface area (Å²) in [5, 5.41) is 57.0. The van der Waals surface area contributed by atoms with Crippen molar-refractivity contribution in [2.24, 2.45) is 0 Å². The number of esters is 1. The molecular weight excluding hydrogens is 991 g/mol. The highest BCUT2D eigenvalue weighted by Gasteiger charge is 2.47. The fraction of sp³-hybridized carbons (Fsp3) is 0.735. The van der Waals surface area contributed by atoms with E-state index in [0.717, 1.165) is 135 Å². The van der Waals surface area contributed by atoms with Crippen LogP contribution in [-0.4, -0.2) is 99.6 Å². The first-order valence-corrected chi connectivity index (χ1v) is 32.0. The third-order valence-electron chi connectivity index (χ3n) is 14.5. The Hall–Kier alpha value is -3.42. The second-order valence-corrected chi connectivity index (χ2v) is 21.8. The number of hydrogen-bond donors (Lipinski definition) is 6. The molecule has 0 aromatic rings. The van der Waals surface area contributed by atoms with Gasteiger partial charge in [-0.15, -0.1) is 0 Å². The normalized spacial score (nSPS) is 19.5. The van der Waals surface area contributed by atoms with E-state index < -0.39 is 67.4 Å². The Morgan fingerprint density at radius 3 is 1.47 bits per heavy atom. The lowest BCUT2D eigenvalue weighted by atomic mass is 9.99. The summed E-state index contributed by atoms with van der Waals surface area (Å²) in [6.45, 7) is 5.63. The van der Waals surface area contributed by atoms with Gasteiger partial charge in [-0.1, -0.05) is 253 Å². The maximum atomic E-state index is 13.4. The predicted molar refractivity (Wildman–Crippen MR) is 329 cm³/mol. The minimum absolute atomic E-state index is 0.105. The molecule has 1 fully saturated rings. The molecule has 1 amide bonds. The van der Waals surface area contributed by atoms with E-state index in [1.165, 1.54) is 77.0 Å². The van der Waals surface area contributed by atoms with E-state index in [0.29, 0.717) is 12.8 Å². The molecule has 1 heterocycles. The lowest BCUT2D eigenvalue weighted by molar-refractivity contribution is -0.305. The molecule has 0 saturated carbocycles. The number of ether oxygens (including phenoxy) is 3. The first-order chi connectivity index (χ1) is 38.7. The van der Waals surface area contributed by atoms with Crippen molar-refractivity contribution in [3.05, 3.63) is 97.2 Å². The molecule has 1 aliphatic heterocycles. The monoisotopic (exact) mass is 1110 g/mol. The first-order valence-electron chi connectivity index (χ1n) is 32.0. The molecule has 0 bridgehead atoms.